The molecule has 1 aromatic carbocycles. The number of hydrogen-bond acceptors (Lipinski definition) is 15. The molecule has 0 saturated carbocycles. The highest BCUT2D eigenvalue weighted by molar-refractivity contribution is 8.00. The Morgan fingerprint density at radius 3 is 2.37 bits per heavy atom. The highest BCUT2D eigenvalue weighted by atomic mass is 32.2. The van der Waals surface area contributed by atoms with Crippen LogP contribution >= 0.6 is 23.1 Å². The summed E-state index contributed by atoms with van der Waals surface area (Å²) in [5, 5.41) is 15.8. The summed E-state index contributed by atoms with van der Waals surface area (Å²) in [6.45, 7) is 6.45. The van der Waals surface area contributed by atoms with Gasteiger partial charge in [0.15, 0.2) is 10.8 Å². The van der Waals surface area contributed by atoms with Crippen molar-refractivity contribution in [3.63, 3.8) is 0 Å². The first-order valence-corrected chi connectivity index (χ1v) is 16.7. The number of aromatic nitrogens is 1. The Labute approximate surface area is 272 Å². The number of esters is 2. The monoisotopic (exact) mass is 699 g/mol. The molecule has 19 heteroatoms. The van der Waals surface area contributed by atoms with E-state index in [1.807, 2.05) is 0 Å². The van der Waals surface area contributed by atoms with E-state index in [4.69, 9.17) is 24.5 Å². The van der Waals surface area contributed by atoms with Crippen molar-refractivity contribution in [3.8, 4) is 0 Å². The SMILES string of the molecule is COCC1=C(C(=O)OC(C)OC(=O)C(C)(C)C)N2C(=O)C(NC(=O)/C(=N/O)c3csc(N)n3)[C@H]2SC1.O=S(=O)(O)c1ccccc1. The number of nitrogen functional groups attached to an aromatic ring is 1. The predicted octanol–water partition coefficient (Wildman–Crippen LogP) is 1.62. The minimum absolute atomic E-state index is 0.0296. The van der Waals surface area contributed by atoms with E-state index in [0.717, 1.165) is 11.3 Å². The number of oxime groups is 1. The van der Waals surface area contributed by atoms with Crippen LogP contribution in [0.5, 0.6) is 0 Å². The molecular formula is C27H33N5O11S3. The smallest absolute Gasteiger partial charge is 0.358 e. The topological polar surface area (TPSA) is 237 Å². The number of carbonyl (C=O) groups is 4. The van der Waals surface area contributed by atoms with Crippen molar-refractivity contribution in [3.05, 3.63) is 52.7 Å². The lowest BCUT2D eigenvalue weighted by molar-refractivity contribution is -0.190. The third-order valence-corrected chi connectivity index (χ3v) is 9.01. The number of benzene rings is 1. The molecule has 16 nitrogen and oxygen atoms in total. The lowest BCUT2D eigenvalue weighted by Gasteiger charge is -2.49. The van der Waals surface area contributed by atoms with Crippen LogP contribution in [0.25, 0.3) is 0 Å². The van der Waals surface area contributed by atoms with Crippen LogP contribution in [0.4, 0.5) is 5.13 Å². The van der Waals surface area contributed by atoms with Gasteiger partial charge >= 0.3 is 11.9 Å². The van der Waals surface area contributed by atoms with Crippen LogP contribution in [0.2, 0.25) is 0 Å². The Kier molecular flexibility index (Phi) is 11.9. The van der Waals surface area contributed by atoms with E-state index in [0.29, 0.717) is 11.3 Å². The minimum atomic E-state index is -4.00. The first-order valence-electron chi connectivity index (χ1n) is 13.3. The van der Waals surface area contributed by atoms with Crippen LogP contribution in [0.15, 0.2) is 57.0 Å². The number of carbonyl (C=O) groups excluding carboxylic acids is 4. The number of fused-ring (bicyclic) bond motifs is 1. The average Bonchev–Trinajstić information content (AvgIpc) is 3.41. The fourth-order valence-corrected chi connectivity index (χ4v) is 6.30. The Balaban J connectivity index is 0.000000489. The van der Waals surface area contributed by atoms with Crippen LogP contribution in [0.3, 0.4) is 0 Å². The number of thiazole rings is 1. The van der Waals surface area contributed by atoms with E-state index in [-0.39, 0.29) is 28.0 Å². The summed E-state index contributed by atoms with van der Waals surface area (Å²) in [6.07, 6.45) is -1.20. The normalized spacial score (nSPS) is 18.8. The Bertz CT molecular complexity index is 1640. The van der Waals surface area contributed by atoms with Crippen LogP contribution < -0.4 is 11.1 Å². The summed E-state index contributed by atoms with van der Waals surface area (Å²) >= 11 is 2.37. The van der Waals surface area contributed by atoms with Gasteiger partial charge in [0, 0.05) is 25.2 Å². The number of amides is 2. The predicted molar refractivity (Wildman–Crippen MR) is 166 cm³/mol. The molecule has 2 amide bonds. The molecule has 1 fully saturated rings. The molecular weight excluding hydrogens is 667 g/mol. The van der Waals surface area contributed by atoms with Gasteiger partial charge in [-0.05, 0) is 38.5 Å². The number of ether oxygens (including phenoxy) is 3. The quantitative estimate of drug-likeness (QED) is 0.0554. The maximum absolute atomic E-state index is 13.0. The minimum Gasteiger partial charge on any atom is -0.425 e. The largest absolute Gasteiger partial charge is 0.425 e. The molecule has 0 spiro atoms. The zero-order chi connectivity index (χ0) is 34.4. The molecule has 3 heterocycles. The molecule has 46 heavy (non-hydrogen) atoms. The van der Waals surface area contributed by atoms with Gasteiger partial charge in [-0.15, -0.1) is 23.1 Å². The van der Waals surface area contributed by atoms with Gasteiger partial charge in [-0.25, -0.2) is 9.78 Å². The van der Waals surface area contributed by atoms with Gasteiger partial charge in [-0.2, -0.15) is 8.42 Å². The Hall–Kier alpha value is -4.04. The van der Waals surface area contributed by atoms with Gasteiger partial charge in [0.25, 0.3) is 21.9 Å². The van der Waals surface area contributed by atoms with E-state index in [1.165, 1.54) is 48.2 Å². The van der Waals surface area contributed by atoms with Gasteiger partial charge in [0.05, 0.1) is 16.9 Å². The number of thioether (sulfide) groups is 1. The summed E-state index contributed by atoms with van der Waals surface area (Å²) in [5.74, 6) is -2.51. The number of β-lactam (4-membered cyclic amide) rings is 1. The second-order valence-corrected chi connectivity index (χ2v) is 14.1. The maximum Gasteiger partial charge on any atom is 0.358 e. The van der Waals surface area contributed by atoms with E-state index in [1.54, 1.807) is 39.0 Å². The van der Waals surface area contributed by atoms with Gasteiger partial charge in [-0.3, -0.25) is 23.8 Å². The lowest BCUT2D eigenvalue weighted by atomic mass is 9.97. The molecule has 3 atom stereocenters. The summed E-state index contributed by atoms with van der Waals surface area (Å²) in [7, 11) is -2.56. The van der Waals surface area contributed by atoms with Gasteiger partial charge < -0.3 is 30.5 Å². The van der Waals surface area contributed by atoms with Crippen LogP contribution in [0.1, 0.15) is 33.4 Å². The van der Waals surface area contributed by atoms with Crippen molar-refractivity contribution in [2.24, 2.45) is 10.6 Å². The molecule has 2 aliphatic rings. The third-order valence-electron chi connectivity index (χ3n) is 6.12. The van der Waals surface area contributed by atoms with E-state index in [2.05, 4.69) is 15.5 Å². The molecule has 0 aliphatic carbocycles. The van der Waals surface area contributed by atoms with Crippen molar-refractivity contribution in [2.75, 3.05) is 25.2 Å². The molecule has 5 N–H and O–H groups in total. The number of nitrogens with two attached hydrogens (primary N) is 1. The number of methoxy groups -OCH3 is 1. The molecule has 1 saturated heterocycles. The van der Waals surface area contributed by atoms with Crippen LogP contribution in [-0.4, -0.2) is 94.7 Å². The maximum atomic E-state index is 13.0. The molecule has 250 valence electrons. The highest BCUT2D eigenvalue weighted by Crippen LogP contribution is 2.41. The zero-order valence-electron chi connectivity index (χ0n) is 25.3. The number of nitrogens with zero attached hydrogens (tertiary/aromatic N) is 3. The van der Waals surface area contributed by atoms with Gasteiger partial charge in [-0.1, -0.05) is 23.4 Å². The standard InChI is InChI=1S/C21H27N5O8S2.C6H6O3S/c1-9(34-19(30)21(2,3)4)33-18(29)14-10(6-32-5)7-35-17-13(16(28)26(14)17)24-15(27)12(25-31)11-8-36-20(22)23-11;7-10(8,9)6-4-2-1-3-5-6/h8-9,13,17,31H,6-7H2,1-5H3,(H2,22,23)(H,24,27);1-5H,(H,7,8,9)/b25-12+;/t9?,13?,17-;/m1./s1. The first-order chi connectivity index (χ1) is 21.5. The number of anilines is 1. The van der Waals surface area contributed by atoms with Crippen LogP contribution in [0, 0.1) is 5.41 Å². The van der Waals surface area contributed by atoms with Crippen molar-refractivity contribution < 1.29 is 51.6 Å². The van der Waals surface area contributed by atoms with Gasteiger partial charge in [0.1, 0.15) is 22.8 Å². The fourth-order valence-electron chi connectivity index (χ4n) is 3.93. The second kappa shape index (κ2) is 15.0. The molecule has 2 unspecified atom stereocenters. The third kappa shape index (κ3) is 8.81. The summed E-state index contributed by atoms with van der Waals surface area (Å²) in [6, 6.07) is 6.42. The van der Waals surface area contributed by atoms with Gasteiger partial charge in [0.2, 0.25) is 6.29 Å². The fraction of sp³-hybridized carbons (Fsp3) is 0.407. The molecule has 1 aromatic heterocycles. The van der Waals surface area contributed by atoms with E-state index in [9.17, 15) is 32.8 Å². The highest BCUT2D eigenvalue weighted by Gasteiger charge is 2.55. The van der Waals surface area contributed by atoms with E-state index >= 15 is 0 Å². The Morgan fingerprint density at radius 2 is 1.87 bits per heavy atom. The number of rotatable bonds is 9. The summed E-state index contributed by atoms with van der Waals surface area (Å²) < 4.78 is 44.9. The zero-order valence-corrected chi connectivity index (χ0v) is 27.8. The summed E-state index contributed by atoms with van der Waals surface area (Å²) in [5.41, 5.74) is 4.90. The number of nitrogens with one attached hydrogen (secondary N) is 1. The van der Waals surface area contributed by atoms with Crippen molar-refractivity contribution >= 4 is 67.8 Å². The average molecular weight is 700 g/mol. The lowest BCUT2D eigenvalue weighted by Crippen LogP contribution is -2.71. The molecule has 2 aliphatic heterocycles. The first kappa shape index (κ1) is 36.4. The second-order valence-electron chi connectivity index (χ2n) is 10.7. The summed E-state index contributed by atoms with van der Waals surface area (Å²) in [4.78, 5) is 55.9. The van der Waals surface area contributed by atoms with E-state index < -0.39 is 62.7 Å². The molecule has 4 rings (SSSR count). The van der Waals surface area contributed by atoms with Crippen molar-refractivity contribution in [2.45, 2.75) is 50.3 Å². The van der Waals surface area contributed by atoms with Crippen molar-refractivity contribution in [1.29, 1.82) is 0 Å². The van der Waals surface area contributed by atoms with Crippen LogP contribution in [-0.2, 0) is 43.5 Å². The Morgan fingerprint density at radius 1 is 1.22 bits per heavy atom. The molecule has 2 aromatic rings. The molecule has 0 radical (unpaired) electrons. The number of hydrogen-bond donors (Lipinski definition) is 4. The molecule has 0 bridgehead atoms. The van der Waals surface area contributed by atoms with Crippen molar-refractivity contribution in [1.82, 2.24) is 15.2 Å².